The summed E-state index contributed by atoms with van der Waals surface area (Å²) >= 11 is 1.34. The Balaban J connectivity index is 1.25. The van der Waals surface area contributed by atoms with Crippen molar-refractivity contribution < 1.29 is 19.1 Å². The first-order valence-electron chi connectivity index (χ1n) is 14.2. The van der Waals surface area contributed by atoms with Gasteiger partial charge in [-0.25, -0.2) is 9.97 Å². The largest absolute Gasteiger partial charge is 0.443 e. The Morgan fingerprint density at radius 3 is 2.86 bits per heavy atom. The minimum absolute atomic E-state index is 0.0134. The summed E-state index contributed by atoms with van der Waals surface area (Å²) < 4.78 is 7.55. The fraction of sp³-hybridized carbons (Fsp3) is 0.419. The van der Waals surface area contributed by atoms with E-state index in [1.165, 1.54) is 23.8 Å². The van der Waals surface area contributed by atoms with E-state index in [1.807, 2.05) is 24.8 Å². The molecular weight excluding hydrogens is 552 g/mol. The molecule has 0 unspecified atom stereocenters. The van der Waals surface area contributed by atoms with Crippen molar-refractivity contribution in [3.63, 3.8) is 0 Å². The molecule has 4 aromatic rings. The number of carbonyl (C=O) groups is 2. The molecular formula is C31H36N6O4S. The lowest BCUT2D eigenvalue weighted by atomic mass is 9.64. The van der Waals surface area contributed by atoms with Gasteiger partial charge in [0.15, 0.2) is 12.2 Å². The minimum atomic E-state index is -0.229. The maximum Gasteiger partial charge on any atom is 0.268 e. The van der Waals surface area contributed by atoms with Crippen LogP contribution in [0.4, 0.5) is 5.95 Å². The Labute approximate surface area is 248 Å². The van der Waals surface area contributed by atoms with Crippen LogP contribution in [0.25, 0.3) is 21.7 Å². The van der Waals surface area contributed by atoms with E-state index in [-0.39, 0.29) is 35.3 Å². The van der Waals surface area contributed by atoms with E-state index in [0.29, 0.717) is 29.7 Å². The van der Waals surface area contributed by atoms with Crippen LogP contribution in [-0.4, -0.2) is 62.6 Å². The molecule has 2 amide bonds. The van der Waals surface area contributed by atoms with Gasteiger partial charge in [0.25, 0.3) is 5.91 Å². The number of aliphatic hydroxyl groups excluding tert-OH is 1. The van der Waals surface area contributed by atoms with Crippen molar-refractivity contribution in [2.75, 3.05) is 31.6 Å². The predicted octanol–water partition coefficient (Wildman–Crippen LogP) is 4.85. The minimum Gasteiger partial charge on any atom is -0.443 e. The van der Waals surface area contributed by atoms with Crippen molar-refractivity contribution in [3.8, 4) is 10.6 Å². The molecule has 1 aliphatic carbocycles. The van der Waals surface area contributed by atoms with Crippen molar-refractivity contribution >= 4 is 40.1 Å². The highest BCUT2D eigenvalue weighted by Crippen LogP contribution is 2.55. The molecule has 0 bridgehead atoms. The van der Waals surface area contributed by atoms with Crippen molar-refractivity contribution in [1.29, 1.82) is 0 Å². The number of amides is 2. The summed E-state index contributed by atoms with van der Waals surface area (Å²) in [6.07, 6.45) is 7.19. The number of anilines is 1. The Hall–Kier alpha value is -3.80. The lowest BCUT2D eigenvalue weighted by Crippen LogP contribution is -2.42. The quantitative estimate of drug-likeness (QED) is 0.226. The third-order valence-corrected chi connectivity index (χ3v) is 9.57. The van der Waals surface area contributed by atoms with Crippen molar-refractivity contribution in [2.45, 2.75) is 45.7 Å². The van der Waals surface area contributed by atoms with Gasteiger partial charge in [0.2, 0.25) is 11.9 Å². The van der Waals surface area contributed by atoms with Gasteiger partial charge < -0.3 is 24.3 Å². The second kappa shape index (κ2) is 11.1. The molecule has 1 saturated heterocycles. The molecule has 2 aliphatic rings. The fourth-order valence-electron chi connectivity index (χ4n) is 6.11. The third kappa shape index (κ3) is 5.51. The normalized spacial score (nSPS) is 20.3. The second-order valence-electron chi connectivity index (χ2n) is 12.3. The molecule has 10 nitrogen and oxygen atoms in total. The molecule has 1 saturated carbocycles. The number of nitrogens with zero attached hydrogens (tertiary/aromatic N) is 4. The zero-order chi connectivity index (χ0) is 29.5. The molecule has 0 atom stereocenters. The van der Waals surface area contributed by atoms with Gasteiger partial charge in [-0.15, -0.1) is 11.3 Å². The van der Waals surface area contributed by atoms with E-state index in [1.54, 1.807) is 12.3 Å². The zero-order valence-corrected chi connectivity index (χ0v) is 24.7. The number of hydrogen-bond donors (Lipinski definition) is 3. The number of rotatable bonds is 10. The number of thiophene rings is 1. The van der Waals surface area contributed by atoms with Crippen LogP contribution in [0, 0.1) is 10.8 Å². The average Bonchev–Trinajstić information content (AvgIpc) is 3.76. The number of nitrogens with one attached hydrogen (secondary N) is 2. The van der Waals surface area contributed by atoms with Crippen LogP contribution in [0.15, 0.2) is 60.0 Å². The Morgan fingerprint density at radius 2 is 2.12 bits per heavy atom. The topological polar surface area (TPSA) is 126 Å². The highest BCUT2D eigenvalue weighted by molar-refractivity contribution is 7.17. The van der Waals surface area contributed by atoms with Crippen LogP contribution in [0.3, 0.4) is 0 Å². The summed E-state index contributed by atoms with van der Waals surface area (Å²) in [6, 6.07) is 10.0. The molecule has 0 radical (unpaired) electrons. The molecule has 3 aromatic heterocycles. The lowest BCUT2D eigenvalue weighted by molar-refractivity contribution is -0.125. The number of imidazole rings is 1. The van der Waals surface area contributed by atoms with Crippen LogP contribution in [0.5, 0.6) is 0 Å². The van der Waals surface area contributed by atoms with E-state index >= 15 is 0 Å². The maximum atomic E-state index is 13.4. The molecule has 3 N–H and O–H groups in total. The van der Waals surface area contributed by atoms with E-state index in [0.717, 1.165) is 53.8 Å². The van der Waals surface area contributed by atoms with Crippen molar-refractivity contribution in [3.05, 3.63) is 66.0 Å². The zero-order valence-electron chi connectivity index (χ0n) is 23.9. The highest BCUT2D eigenvalue weighted by Gasteiger charge is 2.50. The van der Waals surface area contributed by atoms with Gasteiger partial charge in [-0.2, -0.15) is 0 Å². The Bertz CT molecular complexity index is 1620. The van der Waals surface area contributed by atoms with Gasteiger partial charge in [0, 0.05) is 44.2 Å². The molecule has 4 heterocycles. The fourth-order valence-corrected chi connectivity index (χ4v) is 6.97. The number of likely N-dealkylation sites (tertiary alicyclic amines) is 1. The molecule has 11 heteroatoms. The first-order chi connectivity index (χ1) is 20.2. The third-order valence-electron chi connectivity index (χ3n) is 8.47. The molecule has 2 fully saturated rings. The summed E-state index contributed by atoms with van der Waals surface area (Å²) in [5.41, 5.74) is 2.74. The van der Waals surface area contributed by atoms with Crippen LogP contribution < -0.4 is 10.6 Å². The number of hydrogen-bond acceptors (Lipinski definition) is 8. The van der Waals surface area contributed by atoms with Gasteiger partial charge in [-0.05, 0) is 60.6 Å². The first-order valence-corrected chi connectivity index (χ1v) is 15.0. The summed E-state index contributed by atoms with van der Waals surface area (Å²) in [5.74, 6) is 0.900. The van der Waals surface area contributed by atoms with E-state index in [4.69, 9.17) is 9.40 Å². The van der Waals surface area contributed by atoms with Crippen LogP contribution in [0.2, 0.25) is 0 Å². The van der Waals surface area contributed by atoms with Crippen molar-refractivity contribution in [2.24, 2.45) is 10.8 Å². The van der Waals surface area contributed by atoms with Crippen LogP contribution in [-0.2, 0) is 11.3 Å². The van der Waals surface area contributed by atoms with Crippen LogP contribution in [0.1, 0.15) is 54.4 Å². The Morgan fingerprint density at radius 1 is 1.29 bits per heavy atom. The summed E-state index contributed by atoms with van der Waals surface area (Å²) in [5, 5.41) is 16.1. The molecule has 1 spiro atoms. The number of oxazole rings is 1. The summed E-state index contributed by atoms with van der Waals surface area (Å²) in [7, 11) is 0. The summed E-state index contributed by atoms with van der Waals surface area (Å²) in [6.45, 7) is 10.6. The standard InChI is InChI=1S/C31H36N6O4S/c1-4-27(39)36-10-9-31(17-36)12-21(13-31)37-23-6-5-20(14-32-16-30(2,3)18-38)11-22(23)34-29(37)35-28(40)26-8-7-25(42-26)24-15-33-19-41-24/h4-8,11,15,19,21,32,38H,1,9-10,12-14,16-18H2,2-3H3,(H,34,35,40). The van der Waals surface area contributed by atoms with Crippen LogP contribution >= 0.6 is 11.3 Å². The van der Waals surface area contributed by atoms with E-state index < -0.39 is 0 Å². The predicted molar refractivity (Wildman–Crippen MR) is 162 cm³/mol. The number of fused-ring (bicyclic) bond motifs is 1. The molecule has 6 rings (SSSR count). The average molecular weight is 589 g/mol. The monoisotopic (exact) mass is 588 g/mol. The lowest BCUT2D eigenvalue weighted by Gasteiger charge is -2.46. The second-order valence-corrected chi connectivity index (χ2v) is 13.4. The maximum absolute atomic E-state index is 13.4. The molecule has 42 heavy (non-hydrogen) atoms. The Kier molecular flexibility index (Phi) is 7.50. The number of carbonyl (C=O) groups excluding carboxylic acids is 2. The van der Waals surface area contributed by atoms with Gasteiger partial charge in [0.1, 0.15) is 0 Å². The SMILES string of the molecule is C=CC(=O)N1CCC2(CC(n3c(NC(=O)c4ccc(-c5cnco5)s4)nc4cc(CNCC(C)(C)CO)ccc43)C2)C1. The van der Waals surface area contributed by atoms with E-state index in [2.05, 4.69) is 45.0 Å². The number of aromatic nitrogens is 3. The van der Waals surface area contributed by atoms with Gasteiger partial charge >= 0.3 is 0 Å². The first kappa shape index (κ1) is 28.3. The molecule has 220 valence electrons. The van der Waals surface area contributed by atoms with Gasteiger partial charge in [-0.3, -0.25) is 14.9 Å². The van der Waals surface area contributed by atoms with Gasteiger partial charge in [0.05, 0.1) is 27.0 Å². The van der Waals surface area contributed by atoms with Gasteiger partial charge in [-0.1, -0.05) is 26.5 Å². The molecule has 1 aromatic carbocycles. The molecule has 1 aliphatic heterocycles. The van der Waals surface area contributed by atoms with E-state index in [9.17, 15) is 14.7 Å². The van der Waals surface area contributed by atoms with Crippen molar-refractivity contribution in [1.82, 2.24) is 24.8 Å². The highest BCUT2D eigenvalue weighted by atomic mass is 32.1. The number of aliphatic hydroxyl groups is 1. The number of benzene rings is 1. The smallest absolute Gasteiger partial charge is 0.268 e. The summed E-state index contributed by atoms with van der Waals surface area (Å²) in [4.78, 5) is 37.8.